The molecule has 0 aliphatic carbocycles. The third-order valence-electron chi connectivity index (χ3n) is 5.18. The van der Waals surface area contributed by atoms with E-state index < -0.39 is 22.5 Å². The first-order chi connectivity index (χ1) is 13.3. The Morgan fingerprint density at radius 1 is 0.964 bits per heavy atom. The fourth-order valence-electron chi connectivity index (χ4n) is 3.78. The number of benzene rings is 3. The number of aliphatic hydroxyl groups is 1. The van der Waals surface area contributed by atoms with Crippen LogP contribution in [0.15, 0.2) is 38.6 Å². The zero-order valence-electron chi connectivity index (χ0n) is 15.1. The first-order valence-electron chi connectivity index (χ1n) is 8.77. The monoisotopic (exact) mass is 378 g/mol. The molecule has 0 saturated carbocycles. The highest BCUT2D eigenvalue weighted by Crippen LogP contribution is 2.31. The summed E-state index contributed by atoms with van der Waals surface area (Å²) in [7, 11) is 0. The van der Waals surface area contributed by atoms with Crippen molar-refractivity contribution in [1.29, 1.82) is 5.41 Å². The minimum absolute atomic E-state index is 0.0348. The van der Waals surface area contributed by atoms with Gasteiger partial charge in [-0.2, -0.15) is 0 Å². The second kappa shape index (κ2) is 6.00. The molecule has 1 unspecified atom stereocenters. The first kappa shape index (κ1) is 17.9. The van der Waals surface area contributed by atoms with Crippen LogP contribution < -0.4 is 33.4 Å². The minimum atomic E-state index is -0.662. The van der Waals surface area contributed by atoms with Crippen molar-refractivity contribution in [3.63, 3.8) is 0 Å². The molecule has 0 spiro atoms. The number of nitrogen functional groups attached to an aromatic ring is 2. The molecule has 1 aromatic heterocycles. The van der Waals surface area contributed by atoms with Crippen molar-refractivity contribution < 1.29 is 5.11 Å². The van der Waals surface area contributed by atoms with E-state index in [9.17, 15) is 19.5 Å². The number of nitrogens with one attached hydrogen (secondary N) is 1. The molecule has 6 N–H and O–H groups in total. The van der Waals surface area contributed by atoms with Crippen molar-refractivity contribution in [2.75, 3.05) is 11.5 Å². The van der Waals surface area contributed by atoms with Gasteiger partial charge in [0.1, 0.15) is 5.49 Å². The number of aromatic nitrogens is 1. The van der Waals surface area contributed by atoms with Gasteiger partial charge >= 0.3 is 0 Å². The van der Waals surface area contributed by atoms with E-state index in [0.29, 0.717) is 0 Å². The van der Waals surface area contributed by atoms with E-state index >= 15 is 0 Å². The first-order valence-corrected chi connectivity index (χ1v) is 8.77. The third kappa shape index (κ3) is 2.21. The van der Waals surface area contributed by atoms with Crippen LogP contribution >= 0.6 is 0 Å². The van der Waals surface area contributed by atoms with Gasteiger partial charge in [-0.05, 0) is 13.3 Å². The van der Waals surface area contributed by atoms with Gasteiger partial charge in [-0.1, -0.05) is 24.3 Å². The van der Waals surface area contributed by atoms with Crippen molar-refractivity contribution in [3.8, 4) is 0 Å². The number of fused-ring (bicyclic) bond motifs is 3. The second-order valence-electron chi connectivity index (χ2n) is 6.97. The van der Waals surface area contributed by atoms with Crippen LogP contribution in [0.5, 0.6) is 0 Å². The number of aliphatic hydroxyl groups excluding tert-OH is 1. The summed E-state index contributed by atoms with van der Waals surface area (Å²) in [5.41, 5.74) is 10.5. The average Bonchev–Trinajstić information content (AvgIpc) is 2.91. The zero-order chi connectivity index (χ0) is 20.3. The Morgan fingerprint density at radius 2 is 1.46 bits per heavy atom. The Hall–Kier alpha value is -3.52. The summed E-state index contributed by atoms with van der Waals surface area (Å²) in [6.45, 7) is 1.67. The fraction of sp³-hybridized carbons (Fsp3) is 0.200. The van der Waals surface area contributed by atoms with Gasteiger partial charge in [0, 0.05) is 17.3 Å². The number of nitrogens with zero attached hydrogens (tertiary/aromatic N) is 1. The molecule has 0 amide bonds. The number of hydrogen-bond donors (Lipinski definition) is 4. The van der Waals surface area contributed by atoms with E-state index in [1.54, 1.807) is 19.1 Å². The van der Waals surface area contributed by atoms with Crippen LogP contribution in [-0.2, 0) is 6.54 Å². The predicted molar refractivity (Wildman–Crippen MR) is 109 cm³/mol. The highest BCUT2D eigenvalue weighted by Gasteiger charge is 2.24. The van der Waals surface area contributed by atoms with Gasteiger partial charge in [0.15, 0.2) is 10.9 Å². The van der Waals surface area contributed by atoms with Crippen LogP contribution in [0.4, 0.5) is 11.4 Å². The van der Waals surface area contributed by atoms with Crippen LogP contribution in [0.3, 0.4) is 0 Å². The maximum absolute atomic E-state index is 13.0. The molecule has 1 heterocycles. The molecule has 1 atom stereocenters. The van der Waals surface area contributed by atoms with Crippen molar-refractivity contribution in [1.82, 2.24) is 4.57 Å². The summed E-state index contributed by atoms with van der Waals surface area (Å²) in [4.78, 5) is 38.9. The average molecular weight is 378 g/mol. The predicted octanol–water partition coefficient (Wildman–Crippen LogP) is 0.319. The Balaban J connectivity index is 2.28. The highest BCUT2D eigenvalue weighted by atomic mass is 16.3. The van der Waals surface area contributed by atoms with E-state index in [4.69, 9.17) is 16.9 Å². The van der Waals surface area contributed by atoms with Crippen LogP contribution in [0.2, 0.25) is 0 Å². The minimum Gasteiger partial charge on any atom is -0.397 e. The van der Waals surface area contributed by atoms with Crippen molar-refractivity contribution in [2.45, 2.75) is 26.0 Å². The van der Waals surface area contributed by atoms with Gasteiger partial charge in [-0.3, -0.25) is 24.4 Å². The van der Waals surface area contributed by atoms with E-state index in [-0.39, 0.29) is 62.1 Å². The maximum Gasteiger partial charge on any atom is 0.262 e. The van der Waals surface area contributed by atoms with E-state index in [1.165, 1.54) is 12.1 Å². The smallest absolute Gasteiger partial charge is 0.262 e. The molecule has 8 nitrogen and oxygen atoms in total. The van der Waals surface area contributed by atoms with Gasteiger partial charge in [-0.15, -0.1) is 0 Å². The number of nitrogens with two attached hydrogens (primary N) is 2. The molecule has 28 heavy (non-hydrogen) atoms. The largest absolute Gasteiger partial charge is 0.397 e. The van der Waals surface area contributed by atoms with Gasteiger partial charge in [0.25, 0.3) is 5.56 Å². The number of anilines is 2. The van der Waals surface area contributed by atoms with Gasteiger partial charge < -0.3 is 16.6 Å². The van der Waals surface area contributed by atoms with Crippen molar-refractivity contribution >= 4 is 43.7 Å². The lowest BCUT2D eigenvalue weighted by Gasteiger charge is -2.08. The Kier molecular flexibility index (Phi) is 3.83. The normalized spacial score (nSPS) is 12.9. The number of hydrogen-bond acceptors (Lipinski definition) is 7. The fourth-order valence-corrected chi connectivity index (χ4v) is 3.78. The maximum atomic E-state index is 13.0. The number of rotatable bonds is 3. The SMILES string of the molecule is CC(O)CCn1c(=N)c2c(N)c3c(=O)c4ccccc4c(=O)c3c(N)c2c1=O. The summed E-state index contributed by atoms with van der Waals surface area (Å²) in [6, 6.07) is 6.35. The van der Waals surface area contributed by atoms with Crippen LogP contribution in [0, 0.1) is 5.41 Å². The van der Waals surface area contributed by atoms with Gasteiger partial charge in [0.05, 0.1) is 39.0 Å². The quantitative estimate of drug-likeness (QED) is 0.229. The molecule has 0 bridgehead atoms. The third-order valence-corrected chi connectivity index (χ3v) is 5.18. The molecule has 0 aliphatic heterocycles. The molecule has 3 aromatic carbocycles. The molecule has 0 radical (unpaired) electrons. The molecule has 142 valence electrons. The molecule has 8 heteroatoms. The Labute approximate surface area is 157 Å². The summed E-state index contributed by atoms with van der Waals surface area (Å²) in [5, 5.41) is 18.2. The molecular formula is C20H18N4O4. The molecule has 4 aromatic rings. The molecule has 0 fully saturated rings. The Bertz CT molecular complexity index is 1390. The molecule has 0 saturated heterocycles. The molecule has 0 aliphatic rings. The summed E-state index contributed by atoms with van der Waals surface area (Å²) < 4.78 is 1.15. The van der Waals surface area contributed by atoms with E-state index in [0.717, 1.165) is 4.57 Å². The lowest BCUT2D eigenvalue weighted by atomic mass is 9.97. The lowest BCUT2D eigenvalue weighted by molar-refractivity contribution is 0.177. The van der Waals surface area contributed by atoms with Crippen LogP contribution in [-0.4, -0.2) is 15.8 Å². The summed E-state index contributed by atoms with van der Waals surface area (Å²) in [5.74, 6) is 0. The molecular weight excluding hydrogens is 360 g/mol. The zero-order valence-corrected chi connectivity index (χ0v) is 15.1. The van der Waals surface area contributed by atoms with Crippen molar-refractivity contribution in [2.24, 2.45) is 0 Å². The topological polar surface area (TPSA) is 152 Å². The van der Waals surface area contributed by atoms with Gasteiger partial charge in [0.2, 0.25) is 0 Å². The molecule has 4 rings (SSSR count). The highest BCUT2D eigenvalue weighted by molar-refractivity contribution is 6.20. The lowest BCUT2D eigenvalue weighted by Crippen LogP contribution is -2.27. The van der Waals surface area contributed by atoms with E-state index in [2.05, 4.69) is 0 Å². The van der Waals surface area contributed by atoms with Crippen LogP contribution in [0.25, 0.3) is 32.3 Å². The van der Waals surface area contributed by atoms with Crippen molar-refractivity contribution in [3.05, 3.63) is 60.6 Å². The Morgan fingerprint density at radius 3 is 1.96 bits per heavy atom. The summed E-state index contributed by atoms with van der Waals surface area (Å²) >= 11 is 0. The van der Waals surface area contributed by atoms with Gasteiger partial charge in [-0.25, -0.2) is 0 Å². The van der Waals surface area contributed by atoms with E-state index in [1.807, 2.05) is 0 Å². The summed E-state index contributed by atoms with van der Waals surface area (Å²) in [6.07, 6.45) is -0.407. The standard InChI is InChI=1S/C20H18N4O4/c1-8(25)6-7-24-19(23)13-14(20(24)28)16(22)12-11(15(13)21)17(26)9-4-2-3-5-10(9)18(12)27/h2-5,8,23,25H,6-7,21-22H2,1H3. The van der Waals surface area contributed by atoms with Crippen LogP contribution in [0.1, 0.15) is 13.3 Å². The second-order valence-corrected chi connectivity index (χ2v) is 6.97.